The maximum atomic E-state index is 12.4. The maximum absolute atomic E-state index is 12.4. The third kappa shape index (κ3) is 3.50. The molecule has 0 aliphatic heterocycles. The number of amides is 1. The Morgan fingerprint density at radius 3 is 2.90 bits per heavy atom. The molecule has 1 heterocycles. The van der Waals surface area contributed by atoms with Crippen molar-refractivity contribution in [1.82, 2.24) is 10.3 Å². The molecular weight excluding hydrogens is 250 g/mol. The fourth-order valence-electron chi connectivity index (χ4n) is 3.02. The first kappa shape index (κ1) is 14.8. The van der Waals surface area contributed by atoms with Gasteiger partial charge in [-0.2, -0.15) is 0 Å². The van der Waals surface area contributed by atoms with Crippen LogP contribution in [0.15, 0.2) is 18.3 Å². The zero-order chi connectivity index (χ0) is 14.5. The molecule has 110 valence electrons. The molecule has 1 aromatic rings. The van der Waals surface area contributed by atoms with Crippen LogP contribution in [0.3, 0.4) is 0 Å². The van der Waals surface area contributed by atoms with E-state index >= 15 is 0 Å². The lowest BCUT2D eigenvalue weighted by Gasteiger charge is -2.33. The van der Waals surface area contributed by atoms with Gasteiger partial charge in [0.2, 0.25) is 0 Å². The highest BCUT2D eigenvalue weighted by molar-refractivity contribution is 5.98. The van der Waals surface area contributed by atoms with Gasteiger partial charge in [0, 0.05) is 18.8 Å². The molecule has 0 radical (unpaired) electrons. The van der Waals surface area contributed by atoms with Crippen molar-refractivity contribution >= 4 is 11.7 Å². The smallest absolute Gasteiger partial charge is 0.255 e. The average molecular weight is 275 g/mol. The van der Waals surface area contributed by atoms with E-state index in [-0.39, 0.29) is 11.9 Å². The Labute approximate surface area is 121 Å². The Bertz CT molecular complexity index is 461. The molecule has 1 aromatic heterocycles. The van der Waals surface area contributed by atoms with Crippen molar-refractivity contribution in [1.29, 1.82) is 0 Å². The van der Waals surface area contributed by atoms with Gasteiger partial charge in [-0.25, -0.2) is 4.98 Å². The summed E-state index contributed by atoms with van der Waals surface area (Å²) in [6, 6.07) is 3.92. The van der Waals surface area contributed by atoms with Crippen LogP contribution in [0.4, 0.5) is 5.82 Å². The zero-order valence-corrected chi connectivity index (χ0v) is 12.6. The summed E-state index contributed by atoms with van der Waals surface area (Å²) in [6.07, 6.45) is 5.17. The minimum absolute atomic E-state index is 0.0135. The number of nitrogens with zero attached hydrogens (tertiary/aromatic N) is 1. The summed E-state index contributed by atoms with van der Waals surface area (Å²) < 4.78 is 0. The second-order valence-electron chi connectivity index (χ2n) is 5.91. The van der Waals surface area contributed by atoms with Crippen LogP contribution in [0, 0.1) is 11.8 Å². The Morgan fingerprint density at radius 2 is 2.20 bits per heavy atom. The zero-order valence-electron chi connectivity index (χ0n) is 12.6. The van der Waals surface area contributed by atoms with Crippen LogP contribution in [0.25, 0.3) is 0 Å². The molecule has 4 nitrogen and oxygen atoms in total. The average Bonchev–Trinajstić information content (AvgIpc) is 2.43. The largest absolute Gasteiger partial charge is 0.370 e. The first-order chi connectivity index (χ1) is 9.61. The summed E-state index contributed by atoms with van der Waals surface area (Å²) >= 11 is 0. The predicted octanol–water partition coefficient (Wildman–Crippen LogP) is 3.07. The Hall–Kier alpha value is -1.58. The normalized spacial score (nSPS) is 26.1. The third-order valence-electron chi connectivity index (χ3n) is 4.14. The van der Waals surface area contributed by atoms with Crippen LogP contribution in [0.1, 0.15) is 50.4 Å². The number of hydrogen-bond acceptors (Lipinski definition) is 3. The van der Waals surface area contributed by atoms with Crippen LogP contribution in [0.5, 0.6) is 0 Å². The second kappa shape index (κ2) is 6.73. The summed E-state index contributed by atoms with van der Waals surface area (Å²) in [6.45, 7) is 7.28. The summed E-state index contributed by atoms with van der Waals surface area (Å²) in [5, 5.41) is 6.33. The van der Waals surface area contributed by atoms with Crippen molar-refractivity contribution in [2.24, 2.45) is 11.8 Å². The van der Waals surface area contributed by atoms with Crippen molar-refractivity contribution in [2.45, 2.75) is 46.1 Å². The minimum atomic E-state index is -0.0135. The fraction of sp³-hybridized carbons (Fsp3) is 0.625. The van der Waals surface area contributed by atoms with Gasteiger partial charge < -0.3 is 10.6 Å². The van der Waals surface area contributed by atoms with E-state index in [0.717, 1.165) is 18.9 Å². The first-order valence-corrected chi connectivity index (χ1v) is 7.61. The van der Waals surface area contributed by atoms with E-state index < -0.39 is 0 Å². The van der Waals surface area contributed by atoms with Crippen molar-refractivity contribution < 1.29 is 4.79 Å². The molecule has 1 fully saturated rings. The Morgan fingerprint density at radius 1 is 1.40 bits per heavy atom. The molecule has 1 aliphatic carbocycles. The van der Waals surface area contributed by atoms with Crippen molar-refractivity contribution in [3.63, 3.8) is 0 Å². The second-order valence-corrected chi connectivity index (χ2v) is 5.91. The molecule has 3 atom stereocenters. The van der Waals surface area contributed by atoms with Crippen molar-refractivity contribution in [2.75, 3.05) is 11.9 Å². The molecule has 4 heteroatoms. The Kier molecular flexibility index (Phi) is 4.99. The maximum Gasteiger partial charge on any atom is 0.255 e. The van der Waals surface area contributed by atoms with E-state index in [0.29, 0.717) is 17.3 Å². The number of nitrogens with one attached hydrogen (secondary N) is 2. The van der Waals surface area contributed by atoms with Gasteiger partial charge in [-0.1, -0.05) is 13.8 Å². The van der Waals surface area contributed by atoms with Crippen molar-refractivity contribution in [3.05, 3.63) is 23.9 Å². The van der Waals surface area contributed by atoms with Gasteiger partial charge >= 0.3 is 0 Å². The van der Waals surface area contributed by atoms with Crippen molar-refractivity contribution in [3.8, 4) is 0 Å². The van der Waals surface area contributed by atoms with E-state index in [2.05, 4.69) is 29.5 Å². The van der Waals surface area contributed by atoms with E-state index in [1.54, 1.807) is 6.20 Å². The van der Waals surface area contributed by atoms with Gasteiger partial charge in [-0.15, -0.1) is 0 Å². The van der Waals surface area contributed by atoms with E-state index in [9.17, 15) is 4.79 Å². The molecule has 0 saturated heterocycles. The van der Waals surface area contributed by atoms with Gasteiger partial charge in [0.15, 0.2) is 0 Å². The van der Waals surface area contributed by atoms with Gasteiger partial charge in [0.1, 0.15) is 5.82 Å². The van der Waals surface area contributed by atoms with E-state index in [4.69, 9.17) is 0 Å². The van der Waals surface area contributed by atoms with Gasteiger partial charge in [0.05, 0.1) is 5.56 Å². The minimum Gasteiger partial charge on any atom is -0.370 e. The lowest BCUT2D eigenvalue weighted by molar-refractivity contribution is 0.0900. The predicted molar refractivity (Wildman–Crippen MR) is 81.8 cm³/mol. The number of carbonyl (C=O) groups excluding carboxylic acids is 1. The first-order valence-electron chi connectivity index (χ1n) is 7.61. The molecule has 1 aliphatic rings. The van der Waals surface area contributed by atoms with E-state index in [1.807, 2.05) is 19.1 Å². The highest BCUT2D eigenvalue weighted by Crippen LogP contribution is 2.29. The molecule has 0 aromatic carbocycles. The molecule has 1 saturated carbocycles. The molecule has 0 bridgehead atoms. The molecule has 20 heavy (non-hydrogen) atoms. The molecule has 3 unspecified atom stereocenters. The van der Waals surface area contributed by atoms with Gasteiger partial charge in [-0.3, -0.25) is 4.79 Å². The number of rotatable bonds is 4. The highest BCUT2D eigenvalue weighted by Gasteiger charge is 2.27. The summed E-state index contributed by atoms with van der Waals surface area (Å²) in [5.74, 6) is 1.97. The topological polar surface area (TPSA) is 54.0 Å². The molecular formula is C16H25N3O. The highest BCUT2D eigenvalue weighted by atomic mass is 16.1. The Balaban J connectivity index is 2.05. The van der Waals surface area contributed by atoms with Crippen LogP contribution in [0.2, 0.25) is 0 Å². The summed E-state index contributed by atoms with van der Waals surface area (Å²) in [5.41, 5.74) is 0.639. The number of anilines is 1. The van der Waals surface area contributed by atoms with Gasteiger partial charge in [-0.05, 0) is 50.2 Å². The molecule has 2 N–H and O–H groups in total. The lowest BCUT2D eigenvalue weighted by atomic mass is 9.80. The summed E-state index contributed by atoms with van der Waals surface area (Å²) in [4.78, 5) is 16.7. The number of hydrogen-bond donors (Lipinski definition) is 2. The molecule has 0 spiro atoms. The van der Waals surface area contributed by atoms with Gasteiger partial charge in [0.25, 0.3) is 5.91 Å². The summed E-state index contributed by atoms with van der Waals surface area (Å²) in [7, 11) is 0. The van der Waals surface area contributed by atoms with Crippen LogP contribution < -0.4 is 10.6 Å². The van der Waals surface area contributed by atoms with Crippen LogP contribution in [-0.4, -0.2) is 23.5 Å². The van der Waals surface area contributed by atoms with E-state index in [1.165, 1.54) is 12.8 Å². The number of carbonyl (C=O) groups is 1. The number of pyridine rings is 1. The fourth-order valence-corrected chi connectivity index (χ4v) is 3.02. The standard InChI is InChI=1S/C16H25N3O/c1-4-17-15-13(6-5-9-18-15)16(20)19-14-8-7-11(2)10-12(14)3/h5-6,9,11-12,14H,4,7-8,10H2,1-3H3,(H,17,18)(H,19,20). The quantitative estimate of drug-likeness (QED) is 0.888. The SMILES string of the molecule is CCNc1ncccc1C(=O)NC1CCC(C)CC1C. The molecule has 1 amide bonds. The molecule has 2 rings (SSSR count). The lowest BCUT2D eigenvalue weighted by Crippen LogP contribution is -2.42. The van der Waals surface area contributed by atoms with Crippen LogP contribution in [-0.2, 0) is 0 Å². The number of aromatic nitrogens is 1. The monoisotopic (exact) mass is 275 g/mol. The van der Waals surface area contributed by atoms with Crippen LogP contribution >= 0.6 is 0 Å². The third-order valence-corrected chi connectivity index (χ3v) is 4.14.